The van der Waals surface area contributed by atoms with E-state index < -0.39 is 7.80 Å². The molecule has 0 spiro atoms. The van der Waals surface area contributed by atoms with Gasteiger partial charge >= 0.3 is 7.80 Å². The second kappa shape index (κ2) is 3.04. The SMILES string of the molecule is O=[P+]1C=CC=C1c1ccccc1. The van der Waals surface area contributed by atoms with Gasteiger partial charge in [-0.05, 0) is 12.2 Å². The van der Waals surface area contributed by atoms with Crippen molar-refractivity contribution in [2.75, 3.05) is 0 Å². The third-order valence-corrected chi connectivity index (χ3v) is 3.11. The number of allylic oxidation sites excluding steroid dienone is 2. The van der Waals surface area contributed by atoms with Gasteiger partial charge in [0.25, 0.3) is 0 Å². The van der Waals surface area contributed by atoms with E-state index in [1.165, 1.54) is 0 Å². The molecular weight excluding hydrogens is 167 g/mol. The van der Waals surface area contributed by atoms with Crippen LogP contribution in [0.3, 0.4) is 0 Å². The van der Waals surface area contributed by atoms with Gasteiger partial charge in [-0.1, -0.05) is 34.9 Å². The fraction of sp³-hybridized carbons (Fsp3) is 0. The Morgan fingerprint density at radius 2 is 1.83 bits per heavy atom. The molecule has 0 bridgehead atoms. The lowest BCUT2D eigenvalue weighted by Gasteiger charge is -1.90. The molecule has 0 saturated heterocycles. The van der Waals surface area contributed by atoms with Crippen LogP contribution < -0.4 is 0 Å². The van der Waals surface area contributed by atoms with Crippen LogP contribution in [0.4, 0.5) is 0 Å². The first kappa shape index (κ1) is 7.45. The van der Waals surface area contributed by atoms with E-state index in [4.69, 9.17) is 0 Å². The summed E-state index contributed by atoms with van der Waals surface area (Å²) in [4.78, 5) is 0. The van der Waals surface area contributed by atoms with Crippen LogP contribution in [0.25, 0.3) is 5.31 Å². The molecule has 0 radical (unpaired) electrons. The van der Waals surface area contributed by atoms with Gasteiger partial charge in [-0.15, -0.1) is 0 Å². The van der Waals surface area contributed by atoms with E-state index in [0.717, 1.165) is 10.9 Å². The third-order valence-electron chi connectivity index (χ3n) is 1.78. The minimum Gasteiger partial charge on any atom is -0.0622 e. The van der Waals surface area contributed by atoms with E-state index in [-0.39, 0.29) is 0 Å². The van der Waals surface area contributed by atoms with Crippen LogP contribution in [0, 0.1) is 0 Å². The molecule has 1 nitrogen and oxygen atoms in total. The third kappa shape index (κ3) is 1.24. The van der Waals surface area contributed by atoms with Crippen LogP contribution in [-0.2, 0) is 4.57 Å². The van der Waals surface area contributed by atoms with Gasteiger partial charge in [0.1, 0.15) is 0 Å². The van der Waals surface area contributed by atoms with E-state index in [9.17, 15) is 4.57 Å². The molecular formula is C10H8OP+. The largest absolute Gasteiger partial charge is 0.408 e. The van der Waals surface area contributed by atoms with E-state index in [0.29, 0.717) is 0 Å². The highest BCUT2D eigenvalue weighted by Gasteiger charge is 2.24. The zero-order chi connectivity index (χ0) is 8.39. The Morgan fingerprint density at radius 3 is 2.42 bits per heavy atom. The van der Waals surface area contributed by atoms with E-state index in [2.05, 4.69) is 0 Å². The molecule has 12 heavy (non-hydrogen) atoms. The fourth-order valence-electron chi connectivity index (χ4n) is 1.20. The molecule has 1 aliphatic heterocycles. The highest BCUT2D eigenvalue weighted by Crippen LogP contribution is 2.44. The minimum atomic E-state index is -1.27. The Labute approximate surface area is 72.2 Å². The molecule has 0 aliphatic carbocycles. The average Bonchev–Trinajstić information content (AvgIpc) is 2.53. The van der Waals surface area contributed by atoms with Crippen molar-refractivity contribution in [3.8, 4) is 0 Å². The van der Waals surface area contributed by atoms with Crippen LogP contribution in [-0.4, -0.2) is 0 Å². The van der Waals surface area contributed by atoms with Gasteiger partial charge in [-0.2, -0.15) is 0 Å². The maximum atomic E-state index is 11.4. The van der Waals surface area contributed by atoms with E-state index in [1.54, 1.807) is 5.82 Å². The molecule has 1 heterocycles. The Balaban J connectivity index is 2.40. The van der Waals surface area contributed by atoms with Crippen LogP contribution in [0.2, 0.25) is 0 Å². The summed E-state index contributed by atoms with van der Waals surface area (Å²) in [5, 5.41) is 0.936. The maximum Gasteiger partial charge on any atom is 0.408 e. The Morgan fingerprint density at radius 1 is 1.08 bits per heavy atom. The zero-order valence-electron chi connectivity index (χ0n) is 6.47. The summed E-state index contributed by atoms with van der Waals surface area (Å²) in [6, 6.07) is 9.83. The van der Waals surface area contributed by atoms with Gasteiger partial charge in [0.05, 0.1) is 0 Å². The minimum absolute atomic E-state index is 0.936. The summed E-state index contributed by atoms with van der Waals surface area (Å²) in [7, 11) is -1.27. The summed E-state index contributed by atoms with van der Waals surface area (Å²) in [5.74, 6) is 1.73. The van der Waals surface area contributed by atoms with E-state index >= 15 is 0 Å². The first-order valence-electron chi connectivity index (χ1n) is 3.78. The summed E-state index contributed by atoms with van der Waals surface area (Å²) < 4.78 is 11.4. The molecule has 1 aliphatic rings. The van der Waals surface area contributed by atoms with Crippen molar-refractivity contribution in [2.24, 2.45) is 0 Å². The zero-order valence-corrected chi connectivity index (χ0v) is 7.37. The van der Waals surface area contributed by atoms with Crippen molar-refractivity contribution < 1.29 is 4.57 Å². The molecule has 1 unspecified atom stereocenters. The molecule has 1 aromatic rings. The Bertz CT molecular complexity index is 363. The molecule has 0 fully saturated rings. The number of rotatable bonds is 1. The molecule has 1 aromatic carbocycles. The number of hydrogen-bond donors (Lipinski definition) is 0. The van der Waals surface area contributed by atoms with Crippen molar-refractivity contribution in [1.82, 2.24) is 0 Å². The molecule has 1 atom stereocenters. The predicted octanol–water partition coefficient (Wildman–Crippen LogP) is 3.38. The highest BCUT2D eigenvalue weighted by atomic mass is 31.1. The van der Waals surface area contributed by atoms with Crippen molar-refractivity contribution in [3.63, 3.8) is 0 Å². The van der Waals surface area contributed by atoms with E-state index in [1.807, 2.05) is 42.5 Å². The van der Waals surface area contributed by atoms with Crippen LogP contribution >= 0.6 is 7.80 Å². The molecule has 2 rings (SSSR count). The standard InChI is InChI=1S/C10H8OP/c11-12-8-4-7-10(12)9-5-2-1-3-6-9/h1-8H/q+1. The van der Waals surface area contributed by atoms with Gasteiger partial charge in [0.2, 0.25) is 5.31 Å². The monoisotopic (exact) mass is 175 g/mol. The average molecular weight is 175 g/mol. The molecule has 58 valence electrons. The molecule has 0 saturated carbocycles. The summed E-state index contributed by atoms with van der Waals surface area (Å²) in [5.41, 5.74) is 1.06. The summed E-state index contributed by atoms with van der Waals surface area (Å²) in [6.07, 6.45) is 3.76. The maximum absolute atomic E-state index is 11.4. The predicted molar refractivity (Wildman–Crippen MR) is 51.2 cm³/mol. The fourth-order valence-corrected chi connectivity index (χ4v) is 2.24. The van der Waals surface area contributed by atoms with Gasteiger partial charge in [0, 0.05) is 5.56 Å². The smallest absolute Gasteiger partial charge is 0.0622 e. The van der Waals surface area contributed by atoms with Gasteiger partial charge in [-0.3, -0.25) is 0 Å². The second-order valence-corrected chi connectivity index (χ2v) is 4.02. The van der Waals surface area contributed by atoms with Crippen molar-refractivity contribution in [3.05, 3.63) is 53.9 Å². The molecule has 0 aromatic heterocycles. The Hall–Kier alpha value is -1.20. The Kier molecular flexibility index (Phi) is 1.89. The lowest BCUT2D eigenvalue weighted by molar-refractivity contribution is 0.598. The lowest BCUT2D eigenvalue weighted by atomic mass is 10.2. The van der Waals surface area contributed by atoms with Crippen molar-refractivity contribution in [1.29, 1.82) is 0 Å². The van der Waals surface area contributed by atoms with Crippen molar-refractivity contribution >= 4 is 13.1 Å². The van der Waals surface area contributed by atoms with Gasteiger partial charge < -0.3 is 0 Å². The van der Waals surface area contributed by atoms with Gasteiger partial charge in [0.15, 0.2) is 5.82 Å². The molecule has 2 heteroatoms. The molecule has 0 N–H and O–H groups in total. The topological polar surface area (TPSA) is 17.1 Å². The number of benzene rings is 1. The summed E-state index contributed by atoms with van der Waals surface area (Å²) in [6.45, 7) is 0. The molecule has 0 amide bonds. The van der Waals surface area contributed by atoms with Crippen LogP contribution in [0.5, 0.6) is 0 Å². The quantitative estimate of drug-likeness (QED) is 0.598. The highest BCUT2D eigenvalue weighted by molar-refractivity contribution is 7.60. The summed E-state index contributed by atoms with van der Waals surface area (Å²) >= 11 is 0. The van der Waals surface area contributed by atoms with Crippen LogP contribution in [0.15, 0.2) is 48.3 Å². The number of hydrogen-bond acceptors (Lipinski definition) is 1. The van der Waals surface area contributed by atoms with Crippen LogP contribution in [0.1, 0.15) is 5.56 Å². The van der Waals surface area contributed by atoms with Gasteiger partial charge in [-0.25, -0.2) is 0 Å². The first-order valence-corrected chi connectivity index (χ1v) is 5.11. The van der Waals surface area contributed by atoms with Crippen molar-refractivity contribution in [2.45, 2.75) is 0 Å². The normalized spacial score (nSPS) is 18.0. The first-order chi connectivity index (χ1) is 5.88. The lowest BCUT2D eigenvalue weighted by Crippen LogP contribution is -1.74. The second-order valence-electron chi connectivity index (χ2n) is 2.59.